The molecule has 0 aliphatic carbocycles. The van der Waals surface area contributed by atoms with Crippen molar-refractivity contribution in [1.82, 2.24) is 0 Å². The van der Waals surface area contributed by atoms with Crippen molar-refractivity contribution in [2.24, 2.45) is 0 Å². The van der Waals surface area contributed by atoms with Crippen molar-refractivity contribution in [2.45, 2.75) is 0 Å². The fourth-order valence-electron chi connectivity index (χ4n) is 2.56. The Morgan fingerprint density at radius 3 is 2.15 bits per heavy atom. The van der Waals surface area contributed by atoms with E-state index in [0.717, 1.165) is 17.6 Å². The quantitative estimate of drug-likeness (QED) is 0.440. The van der Waals surface area contributed by atoms with Crippen molar-refractivity contribution in [3.05, 3.63) is 78.4 Å². The van der Waals surface area contributed by atoms with E-state index in [1.165, 1.54) is 5.56 Å². The number of rotatable bonds is 8. The first-order valence-electron chi connectivity index (χ1n) is 8.34. The highest BCUT2D eigenvalue weighted by molar-refractivity contribution is 5.76. The average Bonchev–Trinajstić information content (AvgIpc) is 2.72. The maximum absolute atomic E-state index is 10.8. The zero-order valence-corrected chi connectivity index (χ0v) is 14.6. The summed E-state index contributed by atoms with van der Waals surface area (Å²) in [6, 6.07) is 23.2. The fourth-order valence-corrected chi connectivity index (χ4v) is 2.56. The van der Waals surface area contributed by atoms with Gasteiger partial charge >= 0.3 is 0 Å². The SMILES string of the molecule is COc1cc(C=O)ccc1OCCOc1ccc(-c2ccccc2)cc1. The Morgan fingerprint density at radius 1 is 0.769 bits per heavy atom. The Kier molecular flexibility index (Phi) is 5.88. The summed E-state index contributed by atoms with van der Waals surface area (Å²) in [5, 5.41) is 0. The van der Waals surface area contributed by atoms with Crippen LogP contribution in [-0.4, -0.2) is 26.6 Å². The van der Waals surface area contributed by atoms with E-state index in [9.17, 15) is 4.79 Å². The van der Waals surface area contributed by atoms with E-state index in [1.54, 1.807) is 25.3 Å². The fraction of sp³-hybridized carbons (Fsp3) is 0.136. The van der Waals surface area contributed by atoms with Gasteiger partial charge in [-0.1, -0.05) is 42.5 Å². The van der Waals surface area contributed by atoms with Crippen molar-refractivity contribution in [2.75, 3.05) is 20.3 Å². The zero-order valence-electron chi connectivity index (χ0n) is 14.6. The molecule has 4 heteroatoms. The van der Waals surface area contributed by atoms with Crippen molar-refractivity contribution in [3.63, 3.8) is 0 Å². The molecule has 0 aromatic heterocycles. The van der Waals surface area contributed by atoms with E-state index in [-0.39, 0.29) is 0 Å². The van der Waals surface area contributed by atoms with Crippen LogP contribution in [0, 0.1) is 0 Å². The molecule has 0 saturated heterocycles. The van der Waals surface area contributed by atoms with Crippen LogP contribution < -0.4 is 14.2 Å². The number of hydrogen-bond acceptors (Lipinski definition) is 4. The maximum atomic E-state index is 10.8. The highest BCUT2D eigenvalue weighted by Crippen LogP contribution is 2.27. The van der Waals surface area contributed by atoms with E-state index in [2.05, 4.69) is 12.1 Å². The van der Waals surface area contributed by atoms with Crippen molar-refractivity contribution in [1.29, 1.82) is 0 Å². The molecule has 0 heterocycles. The lowest BCUT2D eigenvalue weighted by Gasteiger charge is -2.12. The Labute approximate surface area is 153 Å². The minimum Gasteiger partial charge on any atom is -0.493 e. The lowest BCUT2D eigenvalue weighted by molar-refractivity contribution is 0.112. The van der Waals surface area contributed by atoms with Gasteiger partial charge in [0.05, 0.1) is 7.11 Å². The van der Waals surface area contributed by atoms with Gasteiger partial charge in [-0.15, -0.1) is 0 Å². The summed E-state index contributed by atoms with van der Waals surface area (Å²) in [6.07, 6.45) is 0.772. The number of carbonyl (C=O) groups is 1. The third-order valence-electron chi connectivity index (χ3n) is 3.89. The molecule has 3 aromatic carbocycles. The van der Waals surface area contributed by atoms with Crippen molar-refractivity contribution in [3.8, 4) is 28.4 Å². The largest absolute Gasteiger partial charge is 0.493 e. The number of carbonyl (C=O) groups excluding carboxylic acids is 1. The summed E-state index contributed by atoms with van der Waals surface area (Å²) < 4.78 is 16.6. The van der Waals surface area contributed by atoms with E-state index in [0.29, 0.717) is 30.3 Å². The van der Waals surface area contributed by atoms with Crippen LogP contribution >= 0.6 is 0 Å². The molecule has 0 aliphatic heterocycles. The predicted octanol–water partition coefficient (Wildman–Crippen LogP) is 4.63. The molecule has 0 bridgehead atoms. The number of ether oxygens (including phenoxy) is 3. The summed E-state index contributed by atoms with van der Waals surface area (Å²) in [6.45, 7) is 0.778. The molecule has 0 saturated carbocycles. The third-order valence-corrected chi connectivity index (χ3v) is 3.89. The highest BCUT2D eigenvalue weighted by Gasteiger charge is 2.05. The Morgan fingerprint density at radius 2 is 1.46 bits per heavy atom. The maximum Gasteiger partial charge on any atom is 0.161 e. The van der Waals surface area contributed by atoms with E-state index < -0.39 is 0 Å². The van der Waals surface area contributed by atoms with Gasteiger partial charge in [-0.05, 0) is 41.5 Å². The van der Waals surface area contributed by atoms with Crippen LogP contribution in [0.2, 0.25) is 0 Å². The number of hydrogen-bond donors (Lipinski definition) is 0. The molecule has 0 amide bonds. The monoisotopic (exact) mass is 348 g/mol. The summed E-state index contributed by atoms with van der Waals surface area (Å²) in [7, 11) is 1.54. The summed E-state index contributed by atoms with van der Waals surface area (Å²) in [5.74, 6) is 1.90. The predicted molar refractivity (Wildman–Crippen MR) is 101 cm³/mol. The minimum atomic E-state index is 0.372. The van der Waals surface area contributed by atoms with E-state index >= 15 is 0 Å². The van der Waals surface area contributed by atoms with Crippen LogP contribution in [0.15, 0.2) is 72.8 Å². The number of aldehydes is 1. The first-order valence-corrected chi connectivity index (χ1v) is 8.34. The van der Waals surface area contributed by atoms with Gasteiger partial charge in [0.1, 0.15) is 25.2 Å². The lowest BCUT2D eigenvalue weighted by atomic mass is 10.1. The number of methoxy groups -OCH3 is 1. The highest BCUT2D eigenvalue weighted by atomic mass is 16.5. The molecule has 3 aromatic rings. The molecular formula is C22H20O4. The molecule has 0 radical (unpaired) electrons. The zero-order chi connectivity index (χ0) is 18.2. The van der Waals surface area contributed by atoms with Gasteiger partial charge < -0.3 is 14.2 Å². The Balaban J connectivity index is 1.52. The van der Waals surface area contributed by atoms with Gasteiger partial charge in [0.2, 0.25) is 0 Å². The Hall–Kier alpha value is -3.27. The molecule has 26 heavy (non-hydrogen) atoms. The van der Waals surface area contributed by atoms with Crippen LogP contribution in [0.5, 0.6) is 17.2 Å². The van der Waals surface area contributed by atoms with Crippen molar-refractivity contribution >= 4 is 6.29 Å². The summed E-state index contributed by atoms with van der Waals surface area (Å²) in [5.41, 5.74) is 2.87. The standard InChI is InChI=1S/C22H20O4/c1-24-22-15-17(16-23)7-12-21(22)26-14-13-25-20-10-8-19(9-11-20)18-5-3-2-4-6-18/h2-12,15-16H,13-14H2,1H3. The van der Waals surface area contributed by atoms with Crippen LogP contribution in [-0.2, 0) is 0 Å². The average molecular weight is 348 g/mol. The van der Waals surface area contributed by atoms with Crippen LogP contribution in [0.1, 0.15) is 10.4 Å². The second-order valence-electron chi connectivity index (χ2n) is 5.62. The summed E-state index contributed by atoms with van der Waals surface area (Å²) in [4.78, 5) is 10.8. The first kappa shape index (κ1) is 17.5. The van der Waals surface area contributed by atoms with Gasteiger partial charge in [0, 0.05) is 5.56 Å². The van der Waals surface area contributed by atoms with E-state index in [1.807, 2.05) is 42.5 Å². The minimum absolute atomic E-state index is 0.372. The van der Waals surface area contributed by atoms with Crippen LogP contribution in [0.4, 0.5) is 0 Å². The molecule has 0 fully saturated rings. The van der Waals surface area contributed by atoms with Gasteiger partial charge in [0.15, 0.2) is 11.5 Å². The second-order valence-corrected chi connectivity index (χ2v) is 5.62. The molecule has 0 unspecified atom stereocenters. The lowest BCUT2D eigenvalue weighted by Crippen LogP contribution is -2.09. The molecule has 132 valence electrons. The molecule has 0 atom stereocenters. The molecular weight excluding hydrogens is 328 g/mol. The smallest absolute Gasteiger partial charge is 0.161 e. The van der Waals surface area contributed by atoms with Gasteiger partial charge in [0.25, 0.3) is 0 Å². The normalized spacial score (nSPS) is 10.2. The van der Waals surface area contributed by atoms with Gasteiger partial charge in [-0.3, -0.25) is 4.79 Å². The Bertz CT molecular complexity index is 842. The molecule has 0 N–H and O–H groups in total. The van der Waals surface area contributed by atoms with Crippen LogP contribution in [0.25, 0.3) is 11.1 Å². The van der Waals surface area contributed by atoms with Crippen molar-refractivity contribution < 1.29 is 19.0 Å². The second kappa shape index (κ2) is 8.72. The number of benzene rings is 3. The van der Waals surface area contributed by atoms with Crippen LogP contribution in [0.3, 0.4) is 0 Å². The topological polar surface area (TPSA) is 44.8 Å². The first-order chi connectivity index (χ1) is 12.8. The molecule has 3 rings (SSSR count). The van der Waals surface area contributed by atoms with Gasteiger partial charge in [-0.2, -0.15) is 0 Å². The molecule has 4 nitrogen and oxygen atoms in total. The van der Waals surface area contributed by atoms with Gasteiger partial charge in [-0.25, -0.2) is 0 Å². The van der Waals surface area contributed by atoms with E-state index in [4.69, 9.17) is 14.2 Å². The third kappa shape index (κ3) is 4.42. The summed E-state index contributed by atoms with van der Waals surface area (Å²) >= 11 is 0. The molecule has 0 aliphatic rings. The molecule has 0 spiro atoms.